The van der Waals surface area contributed by atoms with Crippen molar-refractivity contribution in [2.24, 2.45) is 0 Å². The number of rotatable bonds is 5. The van der Waals surface area contributed by atoms with Gasteiger partial charge >= 0.3 is 5.69 Å². The van der Waals surface area contributed by atoms with Crippen molar-refractivity contribution in [1.29, 1.82) is 0 Å². The van der Waals surface area contributed by atoms with E-state index in [-0.39, 0.29) is 30.0 Å². The fourth-order valence-corrected chi connectivity index (χ4v) is 2.37. The molecule has 20 heavy (non-hydrogen) atoms. The zero-order chi connectivity index (χ0) is 14.5. The molecule has 0 spiro atoms. The number of aryl methyl sites for hydroxylation is 1. The maximum Gasteiger partial charge on any atom is 0.311 e. The standard InChI is InChI=1S/C14H18N2O4/c1-10-6-7-13(12(8-10)16(18)19)20-9-14(17)15-11-4-2-3-5-11/h6-8,11H,2-5,9H2,1H3,(H,15,17). The first-order valence-corrected chi connectivity index (χ1v) is 6.73. The van der Waals surface area contributed by atoms with Crippen LogP contribution in [0.15, 0.2) is 18.2 Å². The van der Waals surface area contributed by atoms with Gasteiger partial charge in [-0.3, -0.25) is 14.9 Å². The number of hydrogen-bond donors (Lipinski definition) is 1. The summed E-state index contributed by atoms with van der Waals surface area (Å²) in [7, 11) is 0. The SMILES string of the molecule is Cc1ccc(OCC(=O)NC2CCCC2)c([N+](=O)[O-])c1. The third-order valence-electron chi connectivity index (χ3n) is 3.39. The summed E-state index contributed by atoms with van der Waals surface area (Å²) in [5, 5.41) is 13.8. The lowest BCUT2D eigenvalue weighted by Crippen LogP contribution is -2.36. The second-order valence-corrected chi connectivity index (χ2v) is 5.07. The van der Waals surface area contributed by atoms with Crippen LogP contribution in [-0.2, 0) is 4.79 Å². The van der Waals surface area contributed by atoms with Crippen LogP contribution in [0.4, 0.5) is 5.69 Å². The Morgan fingerprint density at radius 2 is 2.15 bits per heavy atom. The molecule has 1 aliphatic carbocycles. The van der Waals surface area contributed by atoms with Gasteiger partial charge in [-0.25, -0.2) is 0 Å². The molecule has 0 unspecified atom stereocenters. The quantitative estimate of drug-likeness (QED) is 0.662. The molecule has 0 radical (unpaired) electrons. The van der Waals surface area contributed by atoms with E-state index in [0.717, 1.165) is 31.2 Å². The predicted molar refractivity (Wildman–Crippen MR) is 73.7 cm³/mol. The molecular formula is C14H18N2O4. The Bertz CT molecular complexity index is 510. The maximum atomic E-state index is 11.7. The van der Waals surface area contributed by atoms with Gasteiger partial charge in [0.15, 0.2) is 12.4 Å². The largest absolute Gasteiger partial charge is 0.477 e. The summed E-state index contributed by atoms with van der Waals surface area (Å²) in [5.74, 6) is -0.103. The Morgan fingerprint density at radius 1 is 1.45 bits per heavy atom. The van der Waals surface area contributed by atoms with Crippen LogP contribution < -0.4 is 10.1 Å². The van der Waals surface area contributed by atoms with E-state index < -0.39 is 4.92 Å². The van der Waals surface area contributed by atoms with E-state index in [1.54, 1.807) is 13.0 Å². The molecular weight excluding hydrogens is 260 g/mol. The molecule has 1 fully saturated rings. The molecule has 0 aromatic heterocycles. The van der Waals surface area contributed by atoms with Crippen LogP contribution in [-0.4, -0.2) is 23.5 Å². The molecule has 6 heteroatoms. The molecule has 1 saturated carbocycles. The topological polar surface area (TPSA) is 81.5 Å². The van der Waals surface area contributed by atoms with E-state index in [1.165, 1.54) is 12.1 Å². The molecule has 0 aliphatic heterocycles. The molecule has 0 saturated heterocycles. The van der Waals surface area contributed by atoms with Crippen LogP contribution in [0.25, 0.3) is 0 Å². The van der Waals surface area contributed by atoms with Crippen LogP contribution in [0.5, 0.6) is 5.75 Å². The zero-order valence-electron chi connectivity index (χ0n) is 11.4. The average molecular weight is 278 g/mol. The van der Waals surface area contributed by atoms with Crippen LogP contribution in [0.1, 0.15) is 31.2 Å². The number of nitrogens with one attached hydrogen (secondary N) is 1. The molecule has 1 amide bonds. The lowest BCUT2D eigenvalue weighted by Gasteiger charge is -2.12. The highest BCUT2D eigenvalue weighted by Crippen LogP contribution is 2.27. The number of hydrogen-bond acceptors (Lipinski definition) is 4. The van der Waals surface area contributed by atoms with Gasteiger partial charge in [-0.15, -0.1) is 0 Å². The second-order valence-electron chi connectivity index (χ2n) is 5.07. The lowest BCUT2D eigenvalue weighted by molar-refractivity contribution is -0.385. The average Bonchev–Trinajstić information content (AvgIpc) is 2.90. The normalized spacial score (nSPS) is 15.1. The Labute approximate surface area is 117 Å². The summed E-state index contributed by atoms with van der Waals surface area (Å²) in [6.45, 7) is 1.57. The molecule has 1 aromatic rings. The van der Waals surface area contributed by atoms with Gasteiger partial charge in [0.05, 0.1) is 4.92 Å². The first-order valence-electron chi connectivity index (χ1n) is 6.73. The zero-order valence-corrected chi connectivity index (χ0v) is 11.4. The molecule has 0 atom stereocenters. The summed E-state index contributed by atoms with van der Waals surface area (Å²) < 4.78 is 5.27. The van der Waals surface area contributed by atoms with Crippen LogP contribution in [0.2, 0.25) is 0 Å². The smallest absolute Gasteiger partial charge is 0.311 e. The van der Waals surface area contributed by atoms with Crippen molar-refractivity contribution in [2.45, 2.75) is 38.6 Å². The Hall–Kier alpha value is -2.11. The molecule has 0 bridgehead atoms. The lowest BCUT2D eigenvalue weighted by atomic mass is 10.2. The highest BCUT2D eigenvalue weighted by atomic mass is 16.6. The third-order valence-corrected chi connectivity index (χ3v) is 3.39. The fraction of sp³-hybridized carbons (Fsp3) is 0.500. The van der Waals surface area contributed by atoms with Gasteiger partial charge in [0.1, 0.15) is 0 Å². The van der Waals surface area contributed by atoms with Crippen molar-refractivity contribution in [3.8, 4) is 5.75 Å². The van der Waals surface area contributed by atoms with E-state index >= 15 is 0 Å². The van der Waals surface area contributed by atoms with E-state index in [0.29, 0.717) is 0 Å². The van der Waals surface area contributed by atoms with E-state index in [2.05, 4.69) is 5.32 Å². The minimum absolute atomic E-state index is 0.112. The van der Waals surface area contributed by atoms with Crippen molar-refractivity contribution in [3.05, 3.63) is 33.9 Å². The van der Waals surface area contributed by atoms with Gasteiger partial charge in [-0.2, -0.15) is 0 Å². The van der Waals surface area contributed by atoms with Crippen molar-refractivity contribution < 1.29 is 14.5 Å². The molecule has 0 heterocycles. The number of amides is 1. The fourth-order valence-electron chi connectivity index (χ4n) is 2.37. The van der Waals surface area contributed by atoms with Crippen LogP contribution >= 0.6 is 0 Å². The molecule has 1 N–H and O–H groups in total. The third kappa shape index (κ3) is 3.69. The van der Waals surface area contributed by atoms with Crippen LogP contribution in [0, 0.1) is 17.0 Å². The van der Waals surface area contributed by atoms with E-state index in [9.17, 15) is 14.9 Å². The van der Waals surface area contributed by atoms with E-state index in [1.807, 2.05) is 0 Å². The van der Waals surface area contributed by atoms with Gasteiger partial charge in [-0.1, -0.05) is 18.9 Å². The van der Waals surface area contributed by atoms with Gasteiger partial charge in [0, 0.05) is 12.1 Å². The van der Waals surface area contributed by atoms with Crippen molar-refractivity contribution in [1.82, 2.24) is 5.32 Å². The number of carbonyl (C=O) groups excluding carboxylic acids is 1. The molecule has 6 nitrogen and oxygen atoms in total. The Balaban J connectivity index is 1.93. The molecule has 108 valence electrons. The number of ether oxygens (including phenoxy) is 1. The minimum Gasteiger partial charge on any atom is -0.477 e. The summed E-state index contributed by atoms with van der Waals surface area (Å²) in [6, 6.07) is 4.90. The Morgan fingerprint density at radius 3 is 2.80 bits per heavy atom. The van der Waals surface area contributed by atoms with Crippen LogP contribution in [0.3, 0.4) is 0 Å². The summed E-state index contributed by atoms with van der Waals surface area (Å²) in [4.78, 5) is 22.1. The highest BCUT2D eigenvalue weighted by molar-refractivity contribution is 5.78. The first kappa shape index (κ1) is 14.3. The first-order chi connectivity index (χ1) is 9.56. The van der Waals surface area contributed by atoms with Gasteiger partial charge < -0.3 is 10.1 Å². The molecule has 1 aliphatic rings. The predicted octanol–water partition coefficient (Wildman–Crippen LogP) is 2.34. The van der Waals surface area contributed by atoms with E-state index in [4.69, 9.17) is 4.74 Å². The molecule has 2 rings (SSSR count). The monoisotopic (exact) mass is 278 g/mol. The van der Waals surface area contributed by atoms with Crippen molar-refractivity contribution in [3.63, 3.8) is 0 Å². The van der Waals surface area contributed by atoms with Gasteiger partial charge in [-0.05, 0) is 31.4 Å². The Kier molecular flexibility index (Phi) is 4.55. The maximum absolute atomic E-state index is 11.7. The number of nitrogens with zero attached hydrogens (tertiary/aromatic N) is 1. The van der Waals surface area contributed by atoms with Gasteiger partial charge in [0.25, 0.3) is 5.91 Å². The van der Waals surface area contributed by atoms with Crippen molar-refractivity contribution >= 4 is 11.6 Å². The number of nitro groups is 1. The summed E-state index contributed by atoms with van der Waals surface area (Å²) in [5.41, 5.74) is 0.665. The minimum atomic E-state index is -0.503. The molecule has 1 aromatic carbocycles. The van der Waals surface area contributed by atoms with Gasteiger partial charge in [0.2, 0.25) is 0 Å². The number of carbonyl (C=O) groups is 1. The summed E-state index contributed by atoms with van der Waals surface area (Å²) in [6.07, 6.45) is 4.26. The second kappa shape index (κ2) is 6.36. The summed E-state index contributed by atoms with van der Waals surface area (Å²) >= 11 is 0. The number of nitro benzene ring substituents is 1. The van der Waals surface area contributed by atoms with Crippen molar-refractivity contribution in [2.75, 3.05) is 6.61 Å². The number of benzene rings is 1. The highest BCUT2D eigenvalue weighted by Gasteiger charge is 2.19.